The van der Waals surface area contributed by atoms with Crippen molar-refractivity contribution in [2.45, 2.75) is 23.4 Å². The molecule has 4 aromatic rings. The van der Waals surface area contributed by atoms with Gasteiger partial charge in [-0.2, -0.15) is 0 Å². The summed E-state index contributed by atoms with van der Waals surface area (Å²) in [5.41, 5.74) is 1.84. The van der Waals surface area contributed by atoms with Gasteiger partial charge in [0.15, 0.2) is 5.65 Å². The normalized spacial score (nSPS) is 11.0. The fourth-order valence-corrected chi connectivity index (χ4v) is 3.79. The first kappa shape index (κ1) is 19.4. The molecule has 2 aromatic carbocycles. The number of aryl methyl sites for hydroxylation is 1. The molecule has 146 valence electrons. The number of hydrogen-bond acceptors (Lipinski definition) is 5. The molecular weight excluding hydrogens is 454 g/mol. The van der Waals surface area contributed by atoms with E-state index in [4.69, 9.17) is 0 Å². The second-order valence-electron chi connectivity index (χ2n) is 6.34. The molecule has 0 spiro atoms. The molecule has 1 amide bonds. The van der Waals surface area contributed by atoms with Crippen LogP contribution in [-0.4, -0.2) is 25.1 Å². The molecular formula is C20H16BrN5O2S. The van der Waals surface area contributed by atoms with Crippen LogP contribution in [-0.2, 0) is 11.3 Å². The Hall–Kier alpha value is -2.91. The van der Waals surface area contributed by atoms with Crippen LogP contribution in [0.3, 0.4) is 0 Å². The zero-order valence-corrected chi connectivity index (χ0v) is 17.8. The van der Waals surface area contributed by atoms with Gasteiger partial charge >= 0.3 is 5.69 Å². The van der Waals surface area contributed by atoms with E-state index in [1.165, 1.54) is 16.2 Å². The van der Waals surface area contributed by atoms with Gasteiger partial charge in [-0.1, -0.05) is 45.4 Å². The number of fused-ring (bicyclic) bond motifs is 1. The van der Waals surface area contributed by atoms with Crippen LogP contribution in [0.15, 0.2) is 80.1 Å². The Bertz CT molecular complexity index is 1230. The Balaban J connectivity index is 1.58. The van der Waals surface area contributed by atoms with E-state index < -0.39 is 0 Å². The highest BCUT2D eigenvalue weighted by atomic mass is 79.9. The van der Waals surface area contributed by atoms with E-state index in [9.17, 15) is 9.59 Å². The maximum absolute atomic E-state index is 12.7. The molecule has 0 atom stereocenters. The molecule has 0 unspecified atom stereocenters. The van der Waals surface area contributed by atoms with E-state index in [-0.39, 0.29) is 18.1 Å². The summed E-state index contributed by atoms with van der Waals surface area (Å²) < 4.78 is 3.46. The third-order valence-corrected chi connectivity index (χ3v) is 5.64. The smallest absolute Gasteiger partial charge is 0.324 e. The SMILES string of the molecule is Cc1ccc(Sc2nccn3c(=O)n(CC(=O)Nc4ccc(Br)cc4)nc23)cc1. The van der Waals surface area contributed by atoms with Gasteiger partial charge in [0.2, 0.25) is 5.91 Å². The number of anilines is 1. The highest BCUT2D eigenvalue weighted by Gasteiger charge is 2.15. The van der Waals surface area contributed by atoms with Crippen molar-refractivity contribution in [1.29, 1.82) is 0 Å². The van der Waals surface area contributed by atoms with Gasteiger partial charge in [-0.25, -0.2) is 18.9 Å². The summed E-state index contributed by atoms with van der Waals surface area (Å²) >= 11 is 4.77. The molecule has 0 aliphatic heterocycles. The maximum Gasteiger partial charge on any atom is 0.350 e. The van der Waals surface area contributed by atoms with Crippen LogP contribution in [0.5, 0.6) is 0 Å². The zero-order valence-electron chi connectivity index (χ0n) is 15.4. The van der Waals surface area contributed by atoms with Crippen LogP contribution in [0.4, 0.5) is 5.69 Å². The quantitative estimate of drug-likeness (QED) is 0.481. The number of hydrogen-bond donors (Lipinski definition) is 1. The van der Waals surface area contributed by atoms with Crippen molar-refractivity contribution in [3.8, 4) is 0 Å². The first-order valence-corrected chi connectivity index (χ1v) is 10.3. The fourth-order valence-electron chi connectivity index (χ4n) is 2.69. The molecule has 0 aliphatic carbocycles. The van der Waals surface area contributed by atoms with Gasteiger partial charge in [-0.05, 0) is 43.3 Å². The van der Waals surface area contributed by atoms with Crippen LogP contribution in [0.2, 0.25) is 0 Å². The van der Waals surface area contributed by atoms with Crippen molar-refractivity contribution in [2.24, 2.45) is 0 Å². The lowest BCUT2D eigenvalue weighted by atomic mass is 10.2. The summed E-state index contributed by atoms with van der Waals surface area (Å²) in [6.07, 6.45) is 3.10. The molecule has 4 rings (SSSR count). The van der Waals surface area contributed by atoms with Crippen LogP contribution < -0.4 is 11.0 Å². The molecule has 9 heteroatoms. The lowest BCUT2D eigenvalue weighted by Gasteiger charge is -2.04. The third-order valence-electron chi connectivity index (χ3n) is 4.13. The average Bonchev–Trinajstić information content (AvgIpc) is 3.02. The molecule has 1 N–H and O–H groups in total. The first-order chi connectivity index (χ1) is 14.0. The summed E-state index contributed by atoms with van der Waals surface area (Å²) in [6.45, 7) is 1.83. The van der Waals surface area contributed by atoms with Gasteiger partial charge in [0.25, 0.3) is 0 Å². The molecule has 0 radical (unpaired) electrons. The minimum absolute atomic E-state index is 0.189. The number of carbonyl (C=O) groups excluding carboxylic acids is 1. The second kappa shape index (κ2) is 8.22. The number of nitrogens with zero attached hydrogens (tertiary/aromatic N) is 4. The van der Waals surface area contributed by atoms with Crippen molar-refractivity contribution in [1.82, 2.24) is 19.2 Å². The Morgan fingerprint density at radius 3 is 2.59 bits per heavy atom. The van der Waals surface area contributed by atoms with Gasteiger partial charge in [0, 0.05) is 27.4 Å². The van der Waals surface area contributed by atoms with Gasteiger partial charge in [-0.15, -0.1) is 5.10 Å². The molecule has 0 fully saturated rings. The average molecular weight is 470 g/mol. The molecule has 7 nitrogen and oxygen atoms in total. The number of aromatic nitrogens is 4. The summed E-state index contributed by atoms with van der Waals surface area (Å²) in [4.78, 5) is 30.3. The van der Waals surface area contributed by atoms with Crippen molar-refractivity contribution in [3.05, 3.63) is 81.4 Å². The van der Waals surface area contributed by atoms with Crippen molar-refractivity contribution in [3.63, 3.8) is 0 Å². The Morgan fingerprint density at radius 2 is 1.86 bits per heavy atom. The lowest BCUT2D eigenvalue weighted by Crippen LogP contribution is -2.28. The van der Waals surface area contributed by atoms with Crippen molar-refractivity contribution >= 4 is 44.9 Å². The molecule has 0 saturated heterocycles. The summed E-state index contributed by atoms with van der Waals surface area (Å²) in [5, 5.41) is 7.69. The first-order valence-electron chi connectivity index (χ1n) is 8.74. The van der Waals surface area contributed by atoms with Crippen molar-refractivity contribution < 1.29 is 4.79 Å². The minimum Gasteiger partial charge on any atom is -0.324 e. The number of nitrogens with one attached hydrogen (secondary N) is 1. The number of carbonyl (C=O) groups is 1. The number of rotatable bonds is 5. The largest absolute Gasteiger partial charge is 0.350 e. The molecule has 29 heavy (non-hydrogen) atoms. The van der Waals surface area contributed by atoms with Crippen LogP contribution in [0, 0.1) is 6.92 Å². The molecule has 2 heterocycles. The number of benzene rings is 2. The van der Waals surface area contributed by atoms with E-state index in [1.54, 1.807) is 24.5 Å². The maximum atomic E-state index is 12.7. The lowest BCUT2D eigenvalue weighted by molar-refractivity contribution is -0.117. The topological polar surface area (TPSA) is 81.3 Å². The summed E-state index contributed by atoms with van der Waals surface area (Å²) in [5.74, 6) is -0.335. The Morgan fingerprint density at radius 1 is 1.14 bits per heavy atom. The van der Waals surface area contributed by atoms with E-state index in [1.807, 2.05) is 43.3 Å². The minimum atomic E-state index is -0.390. The monoisotopic (exact) mass is 469 g/mol. The molecule has 0 saturated carbocycles. The van der Waals surface area contributed by atoms with E-state index >= 15 is 0 Å². The van der Waals surface area contributed by atoms with E-state index in [0.717, 1.165) is 19.6 Å². The fraction of sp³-hybridized carbons (Fsp3) is 0.100. The second-order valence-corrected chi connectivity index (χ2v) is 8.31. The van der Waals surface area contributed by atoms with Crippen LogP contribution in [0.25, 0.3) is 5.65 Å². The zero-order chi connectivity index (χ0) is 20.4. The van der Waals surface area contributed by atoms with Crippen molar-refractivity contribution in [2.75, 3.05) is 5.32 Å². The highest BCUT2D eigenvalue weighted by Crippen LogP contribution is 2.28. The molecule has 0 bridgehead atoms. The molecule has 2 aromatic heterocycles. The molecule has 0 aliphatic rings. The van der Waals surface area contributed by atoms with Gasteiger partial charge in [0.1, 0.15) is 11.6 Å². The summed E-state index contributed by atoms with van der Waals surface area (Å²) in [6, 6.07) is 15.2. The van der Waals surface area contributed by atoms with Crippen LogP contribution in [0.1, 0.15) is 5.56 Å². The number of amides is 1. The van der Waals surface area contributed by atoms with Gasteiger partial charge < -0.3 is 5.32 Å². The number of halogens is 1. The summed E-state index contributed by atoms with van der Waals surface area (Å²) in [7, 11) is 0. The Kier molecular flexibility index (Phi) is 5.50. The Labute approximate surface area is 178 Å². The van der Waals surface area contributed by atoms with Crippen LogP contribution >= 0.6 is 27.7 Å². The van der Waals surface area contributed by atoms with Gasteiger partial charge in [0.05, 0.1) is 0 Å². The predicted octanol–water partition coefficient (Wildman–Crippen LogP) is 3.75. The standard InChI is InChI=1S/C20H16BrN5O2S/c1-13-2-8-16(9-3-13)29-19-18-24-26(20(28)25(18)11-10-22-19)12-17(27)23-15-6-4-14(21)5-7-15/h2-11H,12H2,1H3,(H,23,27). The highest BCUT2D eigenvalue weighted by molar-refractivity contribution is 9.10. The van der Waals surface area contributed by atoms with E-state index in [0.29, 0.717) is 16.4 Å². The van der Waals surface area contributed by atoms with Gasteiger partial charge in [-0.3, -0.25) is 4.79 Å². The van der Waals surface area contributed by atoms with E-state index in [2.05, 4.69) is 31.3 Å². The third kappa shape index (κ3) is 4.41. The predicted molar refractivity (Wildman–Crippen MR) is 115 cm³/mol.